The van der Waals surface area contributed by atoms with Gasteiger partial charge in [0.2, 0.25) is 5.91 Å². The van der Waals surface area contributed by atoms with E-state index < -0.39 is 0 Å². The van der Waals surface area contributed by atoms with Crippen molar-refractivity contribution >= 4 is 44.9 Å². The molecule has 5 rings (SSSR count). The van der Waals surface area contributed by atoms with E-state index in [9.17, 15) is 4.79 Å². The highest BCUT2D eigenvalue weighted by atomic mass is 79.9. The Hall–Kier alpha value is -3.49. The largest absolute Gasteiger partial charge is 0.352 e. The minimum absolute atomic E-state index is 0.0435. The second-order valence-corrected chi connectivity index (χ2v) is 10.9. The Labute approximate surface area is 237 Å². The van der Waals surface area contributed by atoms with E-state index >= 15 is 0 Å². The number of benzene rings is 2. The van der Waals surface area contributed by atoms with Crippen molar-refractivity contribution in [2.75, 3.05) is 11.9 Å². The Bertz CT molecular complexity index is 1490. The molecule has 1 aliphatic heterocycles. The number of aromatic nitrogens is 2. The van der Waals surface area contributed by atoms with E-state index in [4.69, 9.17) is 12.2 Å². The maximum absolute atomic E-state index is 12.9. The summed E-state index contributed by atoms with van der Waals surface area (Å²) < 4.78 is 3.29. The Morgan fingerprint density at radius 1 is 1.05 bits per heavy atom. The first-order chi connectivity index (χ1) is 18.3. The topological polar surface area (TPSA) is 62.2 Å². The van der Waals surface area contributed by atoms with Crippen LogP contribution in [0.15, 0.2) is 83.5 Å². The first-order valence-corrected chi connectivity index (χ1v) is 13.8. The monoisotopic (exact) mass is 587 g/mol. The van der Waals surface area contributed by atoms with Gasteiger partial charge in [-0.05, 0) is 92.6 Å². The van der Waals surface area contributed by atoms with Gasteiger partial charge in [-0.15, -0.1) is 0 Å². The maximum atomic E-state index is 12.9. The molecule has 0 bridgehead atoms. The summed E-state index contributed by atoms with van der Waals surface area (Å²) in [6.07, 6.45) is 2.12. The summed E-state index contributed by atoms with van der Waals surface area (Å²) in [5.74, 6) is -0.0435. The molecule has 3 heterocycles. The Kier molecular flexibility index (Phi) is 7.63. The smallest absolute Gasteiger partial charge is 0.226 e. The van der Waals surface area contributed by atoms with E-state index in [2.05, 4.69) is 73.1 Å². The third-order valence-electron chi connectivity index (χ3n) is 6.93. The van der Waals surface area contributed by atoms with Crippen LogP contribution in [0.5, 0.6) is 0 Å². The van der Waals surface area contributed by atoms with E-state index in [-0.39, 0.29) is 18.0 Å². The molecule has 1 fully saturated rings. The quantitative estimate of drug-likeness (QED) is 0.240. The van der Waals surface area contributed by atoms with Gasteiger partial charge < -0.3 is 20.1 Å². The molecule has 6 nitrogen and oxygen atoms in total. The molecule has 0 aliphatic carbocycles. The van der Waals surface area contributed by atoms with Gasteiger partial charge in [-0.3, -0.25) is 9.78 Å². The number of carbonyl (C=O) groups excluding carboxylic acids is 1. The molecule has 2 aromatic carbocycles. The molecule has 1 amide bonds. The first-order valence-electron chi connectivity index (χ1n) is 12.6. The van der Waals surface area contributed by atoms with Crippen molar-refractivity contribution in [3.05, 3.63) is 112 Å². The first kappa shape index (κ1) is 26.1. The molecule has 8 heteroatoms. The van der Waals surface area contributed by atoms with Gasteiger partial charge in [0.05, 0.1) is 17.8 Å². The van der Waals surface area contributed by atoms with E-state index in [1.165, 1.54) is 0 Å². The number of rotatable bonds is 7. The predicted octanol–water partition coefficient (Wildman–Crippen LogP) is 6.56. The number of hydrogen-bond donors (Lipinski definition) is 2. The van der Waals surface area contributed by atoms with Crippen molar-refractivity contribution in [3.8, 4) is 5.69 Å². The number of anilines is 1. The number of pyridine rings is 1. The Morgan fingerprint density at radius 2 is 1.87 bits per heavy atom. The molecule has 0 saturated carbocycles. The maximum Gasteiger partial charge on any atom is 0.226 e. The molecule has 0 spiro atoms. The third kappa shape index (κ3) is 5.37. The number of thiocarbonyl (C=S) groups is 1. The summed E-state index contributed by atoms with van der Waals surface area (Å²) in [7, 11) is 0. The highest BCUT2D eigenvalue weighted by Gasteiger charge is 2.41. The lowest BCUT2D eigenvalue weighted by atomic mass is 9.96. The van der Waals surface area contributed by atoms with E-state index in [1.54, 1.807) is 6.20 Å². The molecule has 2 atom stereocenters. The summed E-state index contributed by atoms with van der Waals surface area (Å²) in [5, 5.41) is 7.15. The van der Waals surface area contributed by atoms with Gasteiger partial charge in [0.25, 0.3) is 0 Å². The van der Waals surface area contributed by atoms with Crippen LogP contribution in [0.2, 0.25) is 0 Å². The average molecular weight is 589 g/mol. The average Bonchev–Trinajstić information content (AvgIpc) is 3.37. The fraction of sp³-hybridized carbons (Fsp3) is 0.233. The molecule has 1 saturated heterocycles. The number of hydrogen-bond acceptors (Lipinski definition) is 3. The van der Waals surface area contributed by atoms with Crippen LogP contribution in [0.4, 0.5) is 5.69 Å². The van der Waals surface area contributed by atoms with Crippen LogP contribution in [-0.2, 0) is 4.79 Å². The number of nitrogens with one attached hydrogen (secondary N) is 2. The van der Waals surface area contributed by atoms with Crippen molar-refractivity contribution < 1.29 is 4.79 Å². The third-order valence-corrected chi connectivity index (χ3v) is 7.78. The van der Waals surface area contributed by atoms with Gasteiger partial charge in [0.1, 0.15) is 0 Å². The summed E-state index contributed by atoms with van der Waals surface area (Å²) in [5.41, 5.74) is 7.33. The van der Waals surface area contributed by atoms with Gasteiger partial charge in [-0.2, -0.15) is 0 Å². The summed E-state index contributed by atoms with van der Waals surface area (Å²) >= 11 is 9.44. The fourth-order valence-electron chi connectivity index (χ4n) is 5.25. The van der Waals surface area contributed by atoms with Crippen molar-refractivity contribution in [2.24, 2.45) is 0 Å². The predicted molar refractivity (Wildman–Crippen MR) is 160 cm³/mol. The number of amides is 1. The van der Waals surface area contributed by atoms with Gasteiger partial charge in [-0.1, -0.05) is 40.2 Å². The normalized spacial score (nSPS) is 16.9. The lowest BCUT2D eigenvalue weighted by Crippen LogP contribution is -2.32. The van der Waals surface area contributed by atoms with Crippen molar-refractivity contribution in [2.45, 2.75) is 39.3 Å². The van der Waals surface area contributed by atoms with Crippen LogP contribution in [-0.4, -0.2) is 32.0 Å². The molecule has 4 aromatic rings. The minimum Gasteiger partial charge on any atom is -0.352 e. The zero-order chi connectivity index (χ0) is 26.8. The Balaban J connectivity index is 1.47. The van der Waals surface area contributed by atoms with E-state index in [1.807, 2.05) is 61.5 Å². The molecule has 38 heavy (non-hydrogen) atoms. The number of halogens is 1. The number of aryl methyl sites for hydroxylation is 2. The van der Waals surface area contributed by atoms with Crippen LogP contribution < -0.4 is 10.6 Å². The van der Waals surface area contributed by atoms with Crippen LogP contribution >= 0.6 is 28.1 Å². The minimum atomic E-state index is -0.139. The second kappa shape index (κ2) is 11.1. The number of carbonyl (C=O) groups is 1. The summed E-state index contributed by atoms with van der Waals surface area (Å²) in [6, 6.07) is 24.0. The standard InChI is InChI=1S/C30H30BrN5OS/c1-19-8-6-10-23(16-19)33-27(37)13-15-35-29(28(34-30(35)38)26-12-4-5-14-32-26)25-17-20(2)36(21(25)3)24-11-7-9-22(31)18-24/h4-12,14,16-18,28-29H,13,15H2,1-3H3,(H,33,37)(H,34,38)/t28-,29-/m0/s1. The van der Waals surface area contributed by atoms with Gasteiger partial charge in [-0.25, -0.2) is 0 Å². The van der Waals surface area contributed by atoms with Gasteiger partial charge in [0.15, 0.2) is 5.11 Å². The van der Waals surface area contributed by atoms with Crippen LogP contribution in [0, 0.1) is 20.8 Å². The molecule has 194 valence electrons. The van der Waals surface area contributed by atoms with Gasteiger partial charge in [0, 0.05) is 46.4 Å². The molecular formula is C30H30BrN5OS. The van der Waals surface area contributed by atoms with Crippen LogP contribution in [0.1, 0.15) is 46.7 Å². The van der Waals surface area contributed by atoms with Crippen LogP contribution in [0.25, 0.3) is 5.69 Å². The molecule has 0 unspecified atom stereocenters. The second-order valence-electron chi connectivity index (χ2n) is 9.63. The molecule has 2 aromatic heterocycles. The summed E-state index contributed by atoms with van der Waals surface area (Å²) in [4.78, 5) is 19.7. The highest BCUT2D eigenvalue weighted by molar-refractivity contribution is 9.10. The van der Waals surface area contributed by atoms with Crippen molar-refractivity contribution in [1.29, 1.82) is 0 Å². The fourth-order valence-corrected chi connectivity index (χ4v) is 5.97. The van der Waals surface area contributed by atoms with Gasteiger partial charge >= 0.3 is 0 Å². The molecular weight excluding hydrogens is 558 g/mol. The number of nitrogens with zero attached hydrogens (tertiary/aromatic N) is 3. The van der Waals surface area contributed by atoms with Crippen molar-refractivity contribution in [1.82, 2.24) is 19.8 Å². The Morgan fingerprint density at radius 3 is 2.61 bits per heavy atom. The summed E-state index contributed by atoms with van der Waals surface area (Å²) in [6.45, 7) is 6.76. The van der Waals surface area contributed by atoms with E-state index in [0.29, 0.717) is 18.1 Å². The zero-order valence-corrected chi connectivity index (χ0v) is 24.0. The van der Waals surface area contributed by atoms with Crippen molar-refractivity contribution in [3.63, 3.8) is 0 Å². The lowest BCUT2D eigenvalue weighted by Gasteiger charge is -2.28. The van der Waals surface area contributed by atoms with E-state index in [0.717, 1.165) is 44.1 Å². The SMILES string of the molecule is Cc1cccc(NC(=O)CCN2C(=S)N[C@@H](c3ccccn3)[C@@H]2c2cc(C)n(-c3cccc(Br)c3)c2C)c1. The highest BCUT2D eigenvalue weighted by Crippen LogP contribution is 2.41. The molecule has 2 N–H and O–H groups in total. The van der Waals surface area contributed by atoms with Crippen LogP contribution in [0.3, 0.4) is 0 Å². The lowest BCUT2D eigenvalue weighted by molar-refractivity contribution is -0.116. The molecule has 1 aliphatic rings. The molecule has 0 radical (unpaired) electrons. The zero-order valence-electron chi connectivity index (χ0n) is 21.6.